The highest BCUT2D eigenvalue weighted by Gasteiger charge is 2.77. The quantitative estimate of drug-likeness (QED) is 0.485. The van der Waals surface area contributed by atoms with E-state index >= 15 is 0 Å². The van der Waals surface area contributed by atoms with Gasteiger partial charge in [-0.05, 0) is 23.3 Å². The summed E-state index contributed by atoms with van der Waals surface area (Å²) in [5, 5.41) is 44.1. The second kappa shape index (κ2) is 9.78. The number of ether oxygens (including phenoxy) is 2. The van der Waals surface area contributed by atoms with Crippen molar-refractivity contribution in [3.8, 4) is 23.8 Å². The molecule has 0 spiro atoms. The van der Waals surface area contributed by atoms with Crippen molar-refractivity contribution < 1.29 is 28.5 Å². The number of hydrogen-bond donors (Lipinski definition) is 2. The Balaban J connectivity index is 1.59. The molecule has 210 valence electrons. The van der Waals surface area contributed by atoms with Crippen molar-refractivity contribution in [1.82, 2.24) is 9.88 Å². The fourth-order valence-corrected chi connectivity index (χ4v) is 6.99. The van der Waals surface area contributed by atoms with E-state index in [9.17, 15) is 29.5 Å². The minimum absolute atomic E-state index is 0.00991. The molecule has 1 aliphatic carbocycles. The van der Waals surface area contributed by atoms with E-state index in [2.05, 4.69) is 11.1 Å². The number of aromatic nitrogens is 1. The number of rotatable bonds is 5. The summed E-state index contributed by atoms with van der Waals surface area (Å²) >= 11 is 0. The Labute approximate surface area is 236 Å². The van der Waals surface area contributed by atoms with E-state index in [1.165, 1.54) is 13.2 Å². The molecule has 1 aromatic heterocycles. The Morgan fingerprint density at radius 3 is 2.37 bits per heavy atom. The van der Waals surface area contributed by atoms with Crippen LogP contribution in [-0.2, 0) is 11.2 Å². The van der Waals surface area contributed by atoms with Gasteiger partial charge in [-0.3, -0.25) is 0 Å². The van der Waals surface area contributed by atoms with E-state index in [4.69, 9.17) is 9.47 Å². The van der Waals surface area contributed by atoms with Crippen LogP contribution in [0.25, 0.3) is 0 Å². The molecule has 2 fully saturated rings. The Kier molecular flexibility index (Phi) is 6.46. The van der Waals surface area contributed by atoms with Gasteiger partial charge in [0.15, 0.2) is 11.2 Å². The van der Waals surface area contributed by atoms with Crippen LogP contribution in [0.1, 0.15) is 46.7 Å². The molecule has 5 atom stereocenters. The molecule has 41 heavy (non-hydrogen) atoms. The fraction of sp³-hybridized carbons (Fsp3) is 0.387. The summed E-state index contributed by atoms with van der Waals surface area (Å²) < 4.78 is 40.3. The molecule has 1 saturated carbocycles. The van der Waals surface area contributed by atoms with Crippen LogP contribution in [0.15, 0.2) is 60.7 Å². The predicted molar refractivity (Wildman–Crippen MR) is 142 cm³/mol. The van der Waals surface area contributed by atoms with E-state index in [0.29, 0.717) is 11.1 Å². The van der Waals surface area contributed by atoms with Crippen LogP contribution in [0.4, 0.5) is 8.78 Å². The average Bonchev–Trinajstić information content (AvgIpc) is 3.36. The summed E-state index contributed by atoms with van der Waals surface area (Å²) in [4.78, 5) is 6.15. The van der Waals surface area contributed by atoms with Gasteiger partial charge in [-0.15, -0.1) is 0 Å². The number of likely N-dealkylation sites (tertiary alicyclic amines) is 1. The Bertz CT molecular complexity index is 1550. The van der Waals surface area contributed by atoms with E-state index in [-0.39, 0.29) is 55.4 Å². The molecule has 10 heteroatoms. The molecule has 2 aliphatic heterocycles. The SMILES string of the molecule is COc1nc(C#N)cc2c1[C@]1(O)[C@H](O)[C@H](CN3CCC(F)(F)CC3)[C@@H](c3ccccc3)[C@]1(c1ccc(C#N)cc1)O2. The number of fused-ring (bicyclic) bond motifs is 3. The monoisotopic (exact) mass is 558 g/mol. The third kappa shape index (κ3) is 3.98. The predicted octanol–water partition coefficient (Wildman–Crippen LogP) is 3.81. The summed E-state index contributed by atoms with van der Waals surface area (Å²) in [6.07, 6.45) is -2.02. The first-order chi connectivity index (χ1) is 19.7. The Morgan fingerprint density at radius 1 is 1.07 bits per heavy atom. The van der Waals surface area contributed by atoms with Gasteiger partial charge in [-0.1, -0.05) is 42.5 Å². The molecule has 6 rings (SSSR count). The fourth-order valence-electron chi connectivity index (χ4n) is 6.99. The van der Waals surface area contributed by atoms with Gasteiger partial charge in [0, 0.05) is 50.4 Å². The van der Waals surface area contributed by atoms with E-state index in [1.807, 2.05) is 41.3 Å². The Morgan fingerprint density at radius 2 is 1.76 bits per heavy atom. The zero-order valence-electron chi connectivity index (χ0n) is 22.3. The number of pyridine rings is 1. The van der Waals surface area contributed by atoms with Crippen LogP contribution < -0.4 is 9.47 Å². The molecule has 1 saturated heterocycles. The molecule has 8 nitrogen and oxygen atoms in total. The first-order valence-electron chi connectivity index (χ1n) is 13.4. The van der Waals surface area contributed by atoms with Crippen molar-refractivity contribution in [3.63, 3.8) is 0 Å². The number of piperidine rings is 1. The van der Waals surface area contributed by atoms with Crippen LogP contribution in [0.3, 0.4) is 0 Å². The second-order valence-electron chi connectivity index (χ2n) is 10.9. The zero-order chi connectivity index (χ0) is 29.0. The zero-order valence-corrected chi connectivity index (χ0v) is 22.3. The normalized spacial score (nSPS) is 30.0. The van der Waals surface area contributed by atoms with Gasteiger partial charge >= 0.3 is 0 Å². The number of nitriles is 2. The molecule has 0 radical (unpaired) electrons. The van der Waals surface area contributed by atoms with Crippen LogP contribution in [0.2, 0.25) is 0 Å². The molecule has 3 aliphatic rings. The largest absolute Gasteiger partial charge is 0.481 e. The van der Waals surface area contributed by atoms with Crippen LogP contribution >= 0.6 is 0 Å². The number of aliphatic hydroxyl groups excluding tert-OH is 1. The van der Waals surface area contributed by atoms with Gasteiger partial charge in [-0.25, -0.2) is 13.8 Å². The lowest BCUT2D eigenvalue weighted by atomic mass is 9.70. The number of hydrogen-bond acceptors (Lipinski definition) is 8. The van der Waals surface area contributed by atoms with E-state index in [0.717, 1.165) is 5.56 Å². The van der Waals surface area contributed by atoms with Gasteiger partial charge in [0.1, 0.15) is 17.5 Å². The number of benzene rings is 2. The lowest BCUT2D eigenvalue weighted by molar-refractivity contribution is -0.152. The van der Waals surface area contributed by atoms with Crippen LogP contribution in [0.5, 0.6) is 11.6 Å². The van der Waals surface area contributed by atoms with Crippen molar-refractivity contribution >= 4 is 0 Å². The summed E-state index contributed by atoms with van der Waals surface area (Å²) in [6.45, 7) is 0.517. The summed E-state index contributed by atoms with van der Waals surface area (Å²) in [6, 6.07) is 21.4. The lowest BCUT2D eigenvalue weighted by Gasteiger charge is -2.41. The maximum atomic E-state index is 14.0. The summed E-state index contributed by atoms with van der Waals surface area (Å²) in [5.74, 6) is -3.99. The molecule has 0 amide bonds. The third-order valence-corrected chi connectivity index (χ3v) is 8.83. The van der Waals surface area contributed by atoms with Crippen molar-refractivity contribution in [2.45, 2.75) is 42.0 Å². The lowest BCUT2D eigenvalue weighted by Crippen LogP contribution is -2.52. The van der Waals surface area contributed by atoms with Crippen molar-refractivity contribution in [1.29, 1.82) is 10.5 Å². The molecular weight excluding hydrogens is 530 g/mol. The minimum Gasteiger partial charge on any atom is -0.481 e. The van der Waals surface area contributed by atoms with Crippen LogP contribution in [0, 0.1) is 28.6 Å². The number of methoxy groups -OCH3 is 1. The van der Waals surface area contributed by atoms with Crippen LogP contribution in [-0.4, -0.2) is 58.9 Å². The highest BCUT2D eigenvalue weighted by Crippen LogP contribution is 2.69. The molecule has 3 aromatic rings. The Hall–Kier alpha value is -4.09. The number of alkyl halides is 2. The topological polar surface area (TPSA) is 123 Å². The number of nitrogens with zero attached hydrogens (tertiary/aromatic N) is 4. The molecule has 2 aromatic carbocycles. The summed E-state index contributed by atoms with van der Waals surface area (Å²) in [5.41, 5.74) is -1.97. The molecule has 3 heterocycles. The third-order valence-electron chi connectivity index (χ3n) is 8.83. The maximum Gasteiger partial charge on any atom is 0.250 e. The van der Waals surface area contributed by atoms with Crippen molar-refractivity contribution in [2.75, 3.05) is 26.7 Å². The van der Waals surface area contributed by atoms with Gasteiger partial charge < -0.3 is 24.6 Å². The van der Waals surface area contributed by atoms with Gasteiger partial charge in [-0.2, -0.15) is 10.5 Å². The molecule has 0 unspecified atom stereocenters. The van der Waals surface area contributed by atoms with E-state index < -0.39 is 35.1 Å². The average molecular weight is 559 g/mol. The van der Waals surface area contributed by atoms with Crippen molar-refractivity contribution in [2.24, 2.45) is 5.92 Å². The first-order valence-corrected chi connectivity index (χ1v) is 13.4. The number of halogens is 2. The molecule has 2 N–H and O–H groups in total. The minimum atomic E-state index is -2.73. The standard InChI is InChI=1S/C31H28F2N4O4/c1-40-28-26-24(15-22(17-35)36-28)41-31(21-9-7-19(16-34)8-10-21)25(20-5-3-2-4-6-20)23(27(38)30(26,31)39)18-37-13-11-29(32,33)12-14-37/h2-10,15,23,25,27,38-39H,11-14,18H2,1H3/t23-,25-,27-,30+,31+/m1/s1. The highest BCUT2D eigenvalue weighted by atomic mass is 19.3. The van der Waals surface area contributed by atoms with E-state index in [1.54, 1.807) is 24.3 Å². The molecular formula is C31H28F2N4O4. The second-order valence-corrected chi connectivity index (χ2v) is 10.9. The van der Waals surface area contributed by atoms with Gasteiger partial charge in [0.25, 0.3) is 5.92 Å². The van der Waals surface area contributed by atoms with Crippen molar-refractivity contribution in [3.05, 3.63) is 88.6 Å². The smallest absolute Gasteiger partial charge is 0.250 e. The number of aliphatic hydroxyl groups is 2. The van der Waals surface area contributed by atoms with Gasteiger partial charge in [0.05, 0.1) is 30.4 Å². The highest BCUT2D eigenvalue weighted by molar-refractivity contribution is 5.60. The molecule has 0 bridgehead atoms. The maximum absolute atomic E-state index is 14.0. The van der Waals surface area contributed by atoms with Gasteiger partial charge in [0.2, 0.25) is 5.88 Å². The first kappa shape index (κ1) is 27.1. The summed E-state index contributed by atoms with van der Waals surface area (Å²) in [7, 11) is 1.36.